The Labute approximate surface area is 115 Å². The molecule has 1 aromatic heterocycles. The van der Waals surface area contributed by atoms with Crippen molar-refractivity contribution in [3.8, 4) is 28.7 Å². The first-order valence-electron chi connectivity index (χ1n) is 5.79. The third kappa shape index (κ3) is 2.65. The van der Waals surface area contributed by atoms with E-state index < -0.39 is 0 Å². The van der Waals surface area contributed by atoms with Gasteiger partial charge in [-0.15, -0.1) is 10.2 Å². The Kier molecular flexibility index (Phi) is 4.38. The van der Waals surface area contributed by atoms with E-state index in [1.807, 2.05) is 0 Å². The van der Waals surface area contributed by atoms with E-state index in [-0.39, 0.29) is 6.54 Å². The largest absolute Gasteiger partial charge is 0.493 e. The molecule has 0 bridgehead atoms. The van der Waals surface area contributed by atoms with E-state index in [9.17, 15) is 0 Å². The zero-order valence-corrected chi connectivity index (χ0v) is 11.5. The van der Waals surface area contributed by atoms with E-state index in [0.29, 0.717) is 34.6 Å². The molecule has 108 valence electrons. The number of nitrogens with two attached hydrogens (primary N) is 1. The van der Waals surface area contributed by atoms with Crippen LogP contribution in [0, 0.1) is 0 Å². The molecule has 0 aliphatic heterocycles. The van der Waals surface area contributed by atoms with Gasteiger partial charge in [-0.3, -0.25) is 11.3 Å². The van der Waals surface area contributed by atoms with Crippen LogP contribution in [-0.4, -0.2) is 31.5 Å². The van der Waals surface area contributed by atoms with Crippen molar-refractivity contribution in [1.82, 2.24) is 15.6 Å². The van der Waals surface area contributed by atoms with Gasteiger partial charge >= 0.3 is 0 Å². The van der Waals surface area contributed by atoms with Gasteiger partial charge in [0.25, 0.3) is 0 Å². The van der Waals surface area contributed by atoms with Gasteiger partial charge in [-0.25, -0.2) is 0 Å². The standard InChI is InChI=1S/C12H16N4O4/c1-17-8-4-7(5-9(18-2)11(8)19-3)12-16-15-10(20-12)6-14-13/h4-5,14H,6,13H2,1-3H3. The minimum Gasteiger partial charge on any atom is -0.493 e. The molecule has 8 heteroatoms. The van der Waals surface area contributed by atoms with Gasteiger partial charge < -0.3 is 18.6 Å². The number of nitrogens with one attached hydrogen (secondary N) is 1. The van der Waals surface area contributed by atoms with Crippen LogP contribution in [0.25, 0.3) is 11.5 Å². The van der Waals surface area contributed by atoms with Gasteiger partial charge in [0.05, 0.1) is 27.9 Å². The van der Waals surface area contributed by atoms with Gasteiger partial charge in [-0.1, -0.05) is 0 Å². The summed E-state index contributed by atoms with van der Waals surface area (Å²) in [7, 11) is 4.62. The van der Waals surface area contributed by atoms with E-state index in [1.54, 1.807) is 26.4 Å². The number of ether oxygens (including phenoxy) is 3. The van der Waals surface area contributed by atoms with Gasteiger partial charge in [-0.05, 0) is 12.1 Å². The van der Waals surface area contributed by atoms with Gasteiger partial charge in [0.15, 0.2) is 11.5 Å². The number of methoxy groups -OCH3 is 3. The predicted octanol–water partition coefficient (Wildman–Crippen LogP) is 0.726. The summed E-state index contributed by atoms with van der Waals surface area (Å²) in [6, 6.07) is 3.46. The normalized spacial score (nSPS) is 10.4. The summed E-state index contributed by atoms with van der Waals surface area (Å²) in [5.41, 5.74) is 3.11. The maximum Gasteiger partial charge on any atom is 0.248 e. The van der Waals surface area contributed by atoms with Crippen molar-refractivity contribution in [2.45, 2.75) is 6.54 Å². The van der Waals surface area contributed by atoms with E-state index in [0.717, 1.165) is 0 Å². The summed E-state index contributed by atoms with van der Waals surface area (Å²) in [6.07, 6.45) is 0. The van der Waals surface area contributed by atoms with E-state index in [2.05, 4.69) is 15.6 Å². The molecule has 0 saturated heterocycles. The molecule has 1 aromatic carbocycles. The molecule has 1 heterocycles. The highest BCUT2D eigenvalue weighted by atomic mass is 16.5. The van der Waals surface area contributed by atoms with E-state index in [1.165, 1.54) is 7.11 Å². The van der Waals surface area contributed by atoms with Crippen LogP contribution < -0.4 is 25.5 Å². The summed E-state index contributed by atoms with van der Waals surface area (Å²) in [6.45, 7) is 0.289. The molecule has 3 N–H and O–H groups in total. The Morgan fingerprint density at radius 1 is 1.10 bits per heavy atom. The number of hydrogen-bond donors (Lipinski definition) is 2. The molecule has 0 amide bonds. The first-order valence-corrected chi connectivity index (χ1v) is 5.79. The fourth-order valence-corrected chi connectivity index (χ4v) is 1.73. The molecular weight excluding hydrogens is 264 g/mol. The topological polar surface area (TPSA) is 105 Å². The molecule has 0 atom stereocenters. The van der Waals surface area contributed by atoms with Crippen molar-refractivity contribution < 1.29 is 18.6 Å². The highest BCUT2D eigenvalue weighted by molar-refractivity contribution is 5.65. The molecule has 0 saturated carbocycles. The van der Waals surface area contributed by atoms with Crippen molar-refractivity contribution in [2.75, 3.05) is 21.3 Å². The van der Waals surface area contributed by atoms with Gasteiger partial charge in [-0.2, -0.15) is 0 Å². The molecule has 0 spiro atoms. The van der Waals surface area contributed by atoms with Crippen LogP contribution in [0.5, 0.6) is 17.2 Å². The Morgan fingerprint density at radius 2 is 1.75 bits per heavy atom. The molecule has 0 aliphatic carbocycles. The average molecular weight is 280 g/mol. The van der Waals surface area contributed by atoms with E-state index in [4.69, 9.17) is 24.5 Å². The van der Waals surface area contributed by atoms with Crippen LogP contribution in [0.2, 0.25) is 0 Å². The summed E-state index contributed by atoms with van der Waals surface area (Å²) >= 11 is 0. The monoisotopic (exact) mass is 280 g/mol. The van der Waals surface area contributed by atoms with Crippen LogP contribution in [0.1, 0.15) is 5.89 Å². The van der Waals surface area contributed by atoms with Crippen molar-refractivity contribution >= 4 is 0 Å². The highest BCUT2D eigenvalue weighted by Crippen LogP contribution is 2.40. The van der Waals surface area contributed by atoms with Gasteiger partial charge in [0.1, 0.15) is 0 Å². The predicted molar refractivity (Wildman–Crippen MR) is 70.4 cm³/mol. The second-order valence-electron chi connectivity index (χ2n) is 3.80. The van der Waals surface area contributed by atoms with Gasteiger partial charge in [0, 0.05) is 5.56 Å². The van der Waals surface area contributed by atoms with Crippen LogP contribution in [0.15, 0.2) is 16.5 Å². The van der Waals surface area contributed by atoms with Crippen molar-refractivity contribution in [1.29, 1.82) is 0 Å². The third-order valence-electron chi connectivity index (χ3n) is 2.63. The number of rotatable bonds is 6. The lowest BCUT2D eigenvalue weighted by molar-refractivity contribution is 0.324. The molecule has 0 aliphatic rings. The Hall–Kier alpha value is -2.32. The Balaban J connectivity index is 2.45. The molecule has 20 heavy (non-hydrogen) atoms. The minimum absolute atomic E-state index is 0.289. The molecular formula is C12H16N4O4. The zero-order chi connectivity index (χ0) is 14.5. The Bertz CT molecular complexity index is 560. The summed E-state index contributed by atoms with van der Waals surface area (Å²) in [5, 5.41) is 7.81. The summed E-state index contributed by atoms with van der Waals surface area (Å²) in [5.74, 6) is 7.46. The smallest absolute Gasteiger partial charge is 0.248 e. The van der Waals surface area contributed by atoms with Crippen molar-refractivity contribution in [2.24, 2.45) is 5.84 Å². The first-order chi connectivity index (χ1) is 9.73. The number of hydrazine groups is 1. The lowest BCUT2D eigenvalue weighted by Gasteiger charge is -2.12. The number of benzene rings is 1. The van der Waals surface area contributed by atoms with Crippen molar-refractivity contribution in [3.63, 3.8) is 0 Å². The lowest BCUT2D eigenvalue weighted by Crippen LogP contribution is -2.20. The average Bonchev–Trinajstić information content (AvgIpc) is 2.94. The maximum absolute atomic E-state index is 5.47. The third-order valence-corrected chi connectivity index (χ3v) is 2.63. The van der Waals surface area contributed by atoms with Crippen LogP contribution in [-0.2, 0) is 6.54 Å². The number of hydrogen-bond acceptors (Lipinski definition) is 8. The summed E-state index contributed by atoms with van der Waals surface area (Å²) < 4.78 is 21.3. The maximum atomic E-state index is 5.47. The molecule has 0 fully saturated rings. The fraction of sp³-hybridized carbons (Fsp3) is 0.333. The summed E-state index contributed by atoms with van der Waals surface area (Å²) in [4.78, 5) is 0. The second-order valence-corrected chi connectivity index (χ2v) is 3.80. The lowest BCUT2D eigenvalue weighted by atomic mass is 10.2. The molecule has 2 rings (SSSR count). The van der Waals surface area contributed by atoms with Crippen LogP contribution in [0.4, 0.5) is 0 Å². The second kappa shape index (κ2) is 6.22. The zero-order valence-electron chi connectivity index (χ0n) is 11.5. The number of aromatic nitrogens is 2. The highest BCUT2D eigenvalue weighted by Gasteiger charge is 2.17. The molecule has 0 radical (unpaired) electrons. The Morgan fingerprint density at radius 3 is 2.25 bits per heavy atom. The van der Waals surface area contributed by atoms with Crippen LogP contribution in [0.3, 0.4) is 0 Å². The number of nitrogens with zero attached hydrogens (tertiary/aromatic N) is 2. The van der Waals surface area contributed by atoms with Crippen LogP contribution >= 0.6 is 0 Å². The van der Waals surface area contributed by atoms with Crippen molar-refractivity contribution in [3.05, 3.63) is 18.0 Å². The minimum atomic E-state index is 0.289. The quantitative estimate of drug-likeness (QED) is 0.589. The molecule has 2 aromatic rings. The molecule has 8 nitrogen and oxygen atoms in total. The van der Waals surface area contributed by atoms with Gasteiger partial charge in [0.2, 0.25) is 17.5 Å². The van der Waals surface area contributed by atoms with E-state index >= 15 is 0 Å². The fourth-order valence-electron chi connectivity index (χ4n) is 1.73. The SMILES string of the molecule is COc1cc(-c2nnc(CNN)o2)cc(OC)c1OC. The molecule has 0 unspecified atom stereocenters. The first kappa shape index (κ1) is 14.1.